The number of nitrogens with zero attached hydrogens (tertiary/aromatic N) is 5. The van der Waals surface area contributed by atoms with Gasteiger partial charge in [-0.25, -0.2) is 9.98 Å². The van der Waals surface area contributed by atoms with Gasteiger partial charge in [0.2, 0.25) is 5.95 Å². The molecule has 206 valence electrons. The fourth-order valence-corrected chi connectivity index (χ4v) is 5.84. The number of hydrogen-bond donors (Lipinski definition) is 2. The van der Waals surface area contributed by atoms with Crippen LogP contribution in [-0.2, 0) is 9.47 Å². The molecule has 2 aromatic rings. The molecule has 0 aliphatic carbocycles. The lowest BCUT2D eigenvalue weighted by molar-refractivity contribution is -0.0654. The first-order chi connectivity index (χ1) is 18.7. The summed E-state index contributed by atoms with van der Waals surface area (Å²) in [5.41, 5.74) is 9.81. The van der Waals surface area contributed by atoms with Crippen LogP contribution in [0.25, 0.3) is 0 Å². The Balaban J connectivity index is 1.32. The first-order valence-corrected chi connectivity index (χ1v) is 13.9. The minimum absolute atomic E-state index is 0.183. The van der Waals surface area contributed by atoms with Gasteiger partial charge in [0.25, 0.3) is 0 Å². The molecule has 2 atom stereocenters. The van der Waals surface area contributed by atoms with Crippen molar-refractivity contribution in [3.05, 3.63) is 60.0 Å². The quantitative estimate of drug-likeness (QED) is 0.597. The molecule has 4 aliphatic heterocycles. The number of ether oxygens (including phenoxy) is 2. The van der Waals surface area contributed by atoms with E-state index in [4.69, 9.17) is 30.2 Å². The summed E-state index contributed by atoms with van der Waals surface area (Å²) in [4.78, 5) is 19.6. The van der Waals surface area contributed by atoms with Gasteiger partial charge in [-0.2, -0.15) is 4.98 Å². The first kappa shape index (κ1) is 26.0. The number of nitrogens with one attached hydrogen (secondary N) is 1. The molecule has 39 heavy (non-hydrogen) atoms. The SMILES string of the molecule is CC1(C)CC2C(CO1)c1cnc(Nc3ccc(N4CCOCC4)cc3)nc1N2C1=NC(C(C)(C)N)=CC=CC1. The van der Waals surface area contributed by atoms with Crippen LogP contribution in [0.5, 0.6) is 0 Å². The smallest absolute Gasteiger partial charge is 0.229 e. The van der Waals surface area contributed by atoms with Gasteiger partial charge in [-0.15, -0.1) is 0 Å². The predicted molar refractivity (Wildman–Crippen MR) is 156 cm³/mol. The van der Waals surface area contributed by atoms with Gasteiger partial charge in [0.05, 0.1) is 36.7 Å². The van der Waals surface area contributed by atoms with E-state index in [2.05, 4.69) is 65.4 Å². The van der Waals surface area contributed by atoms with Crippen molar-refractivity contribution in [2.75, 3.05) is 48.0 Å². The summed E-state index contributed by atoms with van der Waals surface area (Å²) in [6, 6.07) is 8.62. The van der Waals surface area contributed by atoms with Crippen LogP contribution >= 0.6 is 0 Å². The Morgan fingerprint density at radius 3 is 2.64 bits per heavy atom. The monoisotopic (exact) mass is 529 g/mol. The van der Waals surface area contributed by atoms with E-state index in [1.54, 1.807) is 0 Å². The third kappa shape index (κ3) is 5.31. The lowest BCUT2D eigenvalue weighted by Crippen LogP contribution is -2.49. The number of morpholine rings is 1. The first-order valence-electron chi connectivity index (χ1n) is 13.9. The van der Waals surface area contributed by atoms with E-state index >= 15 is 0 Å². The summed E-state index contributed by atoms with van der Waals surface area (Å²) < 4.78 is 11.7. The van der Waals surface area contributed by atoms with Crippen molar-refractivity contribution in [1.82, 2.24) is 9.97 Å². The number of anilines is 4. The van der Waals surface area contributed by atoms with Crippen molar-refractivity contribution in [2.24, 2.45) is 10.7 Å². The zero-order chi connectivity index (χ0) is 27.2. The van der Waals surface area contributed by atoms with Crippen molar-refractivity contribution in [3.63, 3.8) is 0 Å². The van der Waals surface area contributed by atoms with Crippen molar-refractivity contribution in [1.29, 1.82) is 0 Å². The number of aliphatic imine (C=N–C) groups is 1. The van der Waals surface area contributed by atoms with Crippen molar-refractivity contribution < 1.29 is 9.47 Å². The van der Waals surface area contributed by atoms with Crippen LogP contribution in [0.2, 0.25) is 0 Å². The van der Waals surface area contributed by atoms with Gasteiger partial charge in [-0.1, -0.05) is 12.2 Å². The van der Waals surface area contributed by atoms with Gasteiger partial charge >= 0.3 is 0 Å². The van der Waals surface area contributed by atoms with Crippen molar-refractivity contribution in [2.45, 2.75) is 63.6 Å². The van der Waals surface area contributed by atoms with E-state index in [9.17, 15) is 0 Å². The molecule has 4 aliphatic rings. The molecule has 2 fully saturated rings. The summed E-state index contributed by atoms with van der Waals surface area (Å²) in [6.07, 6.45) is 9.75. The maximum absolute atomic E-state index is 6.49. The molecule has 2 unspecified atom stereocenters. The van der Waals surface area contributed by atoms with Crippen molar-refractivity contribution in [3.8, 4) is 0 Å². The average molecular weight is 530 g/mol. The number of amidine groups is 1. The van der Waals surface area contributed by atoms with Gasteiger partial charge < -0.3 is 30.3 Å². The molecule has 5 heterocycles. The number of rotatable bonds is 4. The summed E-state index contributed by atoms with van der Waals surface area (Å²) in [5.74, 6) is 2.61. The fraction of sp³-hybridized carbons (Fsp3) is 0.500. The van der Waals surface area contributed by atoms with Crippen LogP contribution in [0, 0.1) is 0 Å². The summed E-state index contributed by atoms with van der Waals surface area (Å²) in [6.45, 7) is 12.3. The Morgan fingerprint density at radius 1 is 1.13 bits per heavy atom. The minimum atomic E-state index is -0.553. The highest BCUT2D eigenvalue weighted by Gasteiger charge is 2.48. The van der Waals surface area contributed by atoms with Crippen LogP contribution in [0.15, 0.2) is 59.4 Å². The van der Waals surface area contributed by atoms with E-state index in [0.29, 0.717) is 19.0 Å². The molecule has 0 bridgehead atoms. The van der Waals surface area contributed by atoms with E-state index in [-0.39, 0.29) is 17.6 Å². The van der Waals surface area contributed by atoms with Gasteiger partial charge in [0, 0.05) is 54.6 Å². The molecule has 0 spiro atoms. The Kier molecular flexibility index (Phi) is 6.69. The summed E-state index contributed by atoms with van der Waals surface area (Å²) in [7, 11) is 0. The maximum atomic E-state index is 6.49. The van der Waals surface area contributed by atoms with E-state index in [0.717, 1.165) is 61.3 Å². The number of fused-ring (bicyclic) bond motifs is 3. The second-order valence-electron chi connectivity index (χ2n) is 12.0. The van der Waals surface area contributed by atoms with Crippen LogP contribution < -0.4 is 20.9 Å². The Labute approximate surface area is 230 Å². The van der Waals surface area contributed by atoms with Crippen LogP contribution in [-0.4, -0.2) is 65.9 Å². The Bertz CT molecular complexity index is 1300. The van der Waals surface area contributed by atoms with Gasteiger partial charge in [0.1, 0.15) is 11.7 Å². The van der Waals surface area contributed by atoms with Crippen molar-refractivity contribution >= 4 is 29.0 Å². The topological polar surface area (TPSA) is 101 Å². The molecule has 9 heteroatoms. The van der Waals surface area contributed by atoms with Crippen LogP contribution in [0.1, 0.15) is 52.0 Å². The normalized spacial score (nSPS) is 24.4. The maximum Gasteiger partial charge on any atom is 0.229 e. The highest BCUT2D eigenvalue weighted by atomic mass is 16.5. The second-order valence-corrected chi connectivity index (χ2v) is 12.0. The molecule has 0 saturated carbocycles. The van der Waals surface area contributed by atoms with E-state index in [1.807, 2.05) is 26.1 Å². The molecule has 1 aromatic heterocycles. The molecular formula is C30H39N7O2. The standard InChI is InChI=1S/C30H39N7O2/c1-29(2)17-24-23(19-39-29)22-18-32-28(33-20-9-11-21(12-10-20)36-13-15-38-16-14-36)35-27(22)37(24)26-8-6-5-7-25(34-26)30(3,4)31/h5-7,9-12,18,23-24H,8,13-17,19,31H2,1-4H3,(H,32,33,35). The highest BCUT2D eigenvalue weighted by Crippen LogP contribution is 2.47. The lowest BCUT2D eigenvalue weighted by atomic mass is 9.85. The molecule has 1 aromatic carbocycles. The zero-order valence-electron chi connectivity index (χ0n) is 23.4. The van der Waals surface area contributed by atoms with E-state index in [1.165, 1.54) is 5.69 Å². The van der Waals surface area contributed by atoms with Gasteiger partial charge in [-0.05, 0) is 64.5 Å². The number of allylic oxidation sites excluding steroid dienone is 2. The molecule has 2 saturated heterocycles. The molecular weight excluding hydrogens is 490 g/mol. The summed E-state index contributed by atoms with van der Waals surface area (Å²) >= 11 is 0. The van der Waals surface area contributed by atoms with E-state index < -0.39 is 5.54 Å². The number of nitrogens with two attached hydrogens (primary N) is 1. The average Bonchev–Trinajstić information content (AvgIpc) is 3.03. The summed E-state index contributed by atoms with van der Waals surface area (Å²) in [5, 5.41) is 3.42. The highest BCUT2D eigenvalue weighted by molar-refractivity contribution is 6.01. The Hall–Kier alpha value is -3.27. The molecule has 6 rings (SSSR count). The van der Waals surface area contributed by atoms with Crippen LogP contribution in [0.3, 0.4) is 0 Å². The third-order valence-electron chi connectivity index (χ3n) is 7.95. The molecule has 0 radical (unpaired) electrons. The number of benzene rings is 1. The zero-order valence-corrected chi connectivity index (χ0v) is 23.4. The van der Waals surface area contributed by atoms with Gasteiger partial charge in [-0.3, -0.25) is 0 Å². The molecule has 0 amide bonds. The molecule has 9 nitrogen and oxygen atoms in total. The number of aromatic nitrogens is 2. The molecule has 3 N–H and O–H groups in total. The fourth-order valence-electron chi connectivity index (χ4n) is 5.84. The minimum Gasteiger partial charge on any atom is -0.378 e. The Morgan fingerprint density at radius 2 is 1.90 bits per heavy atom. The third-order valence-corrected chi connectivity index (χ3v) is 7.95. The second kappa shape index (κ2) is 10.0. The van der Waals surface area contributed by atoms with Gasteiger partial charge in [0.15, 0.2) is 0 Å². The lowest BCUT2D eigenvalue weighted by Gasteiger charge is -2.41. The largest absolute Gasteiger partial charge is 0.378 e. The van der Waals surface area contributed by atoms with Crippen LogP contribution in [0.4, 0.5) is 23.1 Å². The number of hydrogen-bond acceptors (Lipinski definition) is 9. The predicted octanol–water partition coefficient (Wildman–Crippen LogP) is 4.51.